The molecule has 0 aromatic carbocycles. The molecule has 13 heavy (non-hydrogen) atoms. The maximum absolute atomic E-state index is 11.0. The highest BCUT2D eigenvalue weighted by atomic mass is 16.5. The summed E-state index contributed by atoms with van der Waals surface area (Å²) in [6.07, 6.45) is 6.73. The zero-order valence-electron chi connectivity index (χ0n) is 7.21. The van der Waals surface area contributed by atoms with E-state index in [4.69, 9.17) is 0 Å². The summed E-state index contributed by atoms with van der Waals surface area (Å²) in [5, 5.41) is 11.0. The van der Waals surface area contributed by atoms with E-state index in [1.165, 1.54) is 6.20 Å². The second-order valence-electron chi connectivity index (χ2n) is 2.82. The average molecular weight is 175 g/mol. The Morgan fingerprint density at radius 2 is 2.38 bits per heavy atom. The number of nitrogens with zero attached hydrogens (tertiary/aromatic N) is 3. The van der Waals surface area contributed by atoms with Crippen LogP contribution in [-0.2, 0) is 0 Å². The number of imidazole rings is 1. The SMILES string of the molecule is Cc1cc(-n2ccnc2)cc[n+]1[O-]. The monoisotopic (exact) mass is 175 g/mol. The fraction of sp³-hybridized carbons (Fsp3) is 0.111. The first kappa shape index (κ1) is 7.79. The van der Waals surface area contributed by atoms with Crippen LogP contribution in [-0.4, -0.2) is 9.55 Å². The fourth-order valence-electron chi connectivity index (χ4n) is 1.16. The topological polar surface area (TPSA) is 44.8 Å². The predicted octanol–water partition coefficient (Wildman–Crippen LogP) is 0.814. The van der Waals surface area contributed by atoms with Crippen LogP contribution in [0.4, 0.5) is 0 Å². The molecule has 2 rings (SSSR count). The van der Waals surface area contributed by atoms with Crippen molar-refractivity contribution in [2.75, 3.05) is 0 Å². The maximum Gasteiger partial charge on any atom is 0.191 e. The normalized spacial score (nSPS) is 10.2. The van der Waals surface area contributed by atoms with Gasteiger partial charge in [-0.05, 0) is 0 Å². The predicted molar refractivity (Wildman–Crippen MR) is 47.3 cm³/mol. The van der Waals surface area contributed by atoms with Crippen LogP contribution in [0.5, 0.6) is 0 Å². The highest BCUT2D eigenvalue weighted by Crippen LogP contribution is 2.05. The van der Waals surface area contributed by atoms with Gasteiger partial charge in [0.2, 0.25) is 0 Å². The fourth-order valence-corrected chi connectivity index (χ4v) is 1.16. The van der Waals surface area contributed by atoms with Gasteiger partial charge in [0.05, 0.1) is 12.0 Å². The van der Waals surface area contributed by atoms with E-state index in [2.05, 4.69) is 4.98 Å². The molecule has 0 saturated heterocycles. The third kappa shape index (κ3) is 1.38. The molecule has 0 bridgehead atoms. The Morgan fingerprint density at radius 1 is 1.54 bits per heavy atom. The van der Waals surface area contributed by atoms with Crippen LogP contribution in [0.25, 0.3) is 5.69 Å². The summed E-state index contributed by atoms with van der Waals surface area (Å²) >= 11 is 0. The molecule has 0 radical (unpaired) electrons. The molecule has 0 fully saturated rings. The number of rotatable bonds is 1. The maximum atomic E-state index is 11.0. The molecule has 0 spiro atoms. The lowest BCUT2D eigenvalue weighted by molar-refractivity contribution is -0.612. The van der Waals surface area contributed by atoms with Crippen LogP contribution in [0.3, 0.4) is 0 Å². The van der Waals surface area contributed by atoms with Gasteiger partial charge in [-0.3, -0.25) is 0 Å². The Morgan fingerprint density at radius 3 is 3.00 bits per heavy atom. The number of hydrogen-bond donors (Lipinski definition) is 0. The largest absolute Gasteiger partial charge is 0.619 e. The highest BCUT2D eigenvalue weighted by Gasteiger charge is 2.01. The minimum atomic E-state index is 0.672. The second-order valence-corrected chi connectivity index (χ2v) is 2.82. The van der Waals surface area contributed by atoms with E-state index in [1.807, 2.05) is 16.8 Å². The van der Waals surface area contributed by atoms with Gasteiger partial charge in [0.25, 0.3) is 0 Å². The molecule has 0 aliphatic rings. The lowest BCUT2D eigenvalue weighted by atomic mass is 10.3. The second kappa shape index (κ2) is 2.90. The van der Waals surface area contributed by atoms with E-state index in [9.17, 15) is 5.21 Å². The van der Waals surface area contributed by atoms with Gasteiger partial charge in [0.1, 0.15) is 0 Å². The summed E-state index contributed by atoms with van der Waals surface area (Å²) < 4.78 is 2.69. The van der Waals surface area contributed by atoms with Crippen molar-refractivity contribution >= 4 is 0 Å². The van der Waals surface area contributed by atoms with Gasteiger partial charge < -0.3 is 9.77 Å². The molecule has 2 heterocycles. The zero-order valence-corrected chi connectivity index (χ0v) is 7.21. The molecular formula is C9H9N3O. The molecule has 0 N–H and O–H groups in total. The van der Waals surface area contributed by atoms with Crippen molar-refractivity contribution in [2.24, 2.45) is 0 Å². The van der Waals surface area contributed by atoms with Crippen molar-refractivity contribution in [3.8, 4) is 5.69 Å². The molecule has 0 unspecified atom stereocenters. The minimum absolute atomic E-state index is 0.672. The highest BCUT2D eigenvalue weighted by molar-refractivity contribution is 5.29. The van der Waals surface area contributed by atoms with E-state index in [0.29, 0.717) is 5.69 Å². The standard InChI is InChI=1S/C9H9N3O/c1-8-6-9(2-4-12(8)13)11-5-3-10-7-11/h2-7H,1H3. The molecule has 2 aromatic heterocycles. The van der Waals surface area contributed by atoms with Crippen LogP contribution < -0.4 is 4.73 Å². The van der Waals surface area contributed by atoms with Crippen LogP contribution in [0.15, 0.2) is 37.1 Å². The zero-order chi connectivity index (χ0) is 9.26. The number of pyridine rings is 1. The molecule has 0 saturated carbocycles. The van der Waals surface area contributed by atoms with Crippen LogP contribution in [0, 0.1) is 12.1 Å². The summed E-state index contributed by atoms with van der Waals surface area (Å²) in [7, 11) is 0. The van der Waals surface area contributed by atoms with Crippen LogP contribution in [0.2, 0.25) is 0 Å². The summed E-state index contributed by atoms with van der Waals surface area (Å²) in [5.74, 6) is 0. The van der Waals surface area contributed by atoms with Crippen molar-refractivity contribution in [1.29, 1.82) is 0 Å². The third-order valence-corrected chi connectivity index (χ3v) is 1.89. The molecule has 0 aliphatic heterocycles. The summed E-state index contributed by atoms with van der Waals surface area (Å²) in [5.41, 5.74) is 1.62. The van der Waals surface area contributed by atoms with E-state index in [-0.39, 0.29) is 0 Å². The molecule has 2 aromatic rings. The Bertz CT molecular complexity index is 409. The van der Waals surface area contributed by atoms with Crippen molar-refractivity contribution < 1.29 is 4.73 Å². The van der Waals surface area contributed by atoms with Gasteiger partial charge >= 0.3 is 0 Å². The van der Waals surface area contributed by atoms with E-state index >= 15 is 0 Å². The van der Waals surface area contributed by atoms with Crippen molar-refractivity contribution in [3.63, 3.8) is 0 Å². The van der Waals surface area contributed by atoms with Crippen LogP contribution >= 0.6 is 0 Å². The minimum Gasteiger partial charge on any atom is -0.619 e. The van der Waals surface area contributed by atoms with Crippen molar-refractivity contribution in [2.45, 2.75) is 6.92 Å². The molecule has 4 nitrogen and oxygen atoms in total. The van der Waals surface area contributed by atoms with Gasteiger partial charge in [-0.2, -0.15) is 4.73 Å². The lowest BCUT2D eigenvalue weighted by Gasteiger charge is -2.03. The van der Waals surface area contributed by atoms with Crippen molar-refractivity contribution in [3.05, 3.63) is 48.0 Å². The Kier molecular flexibility index (Phi) is 1.73. The van der Waals surface area contributed by atoms with Crippen LogP contribution in [0.1, 0.15) is 5.69 Å². The Hall–Kier alpha value is -1.84. The number of aryl methyl sites for hydroxylation is 1. The summed E-state index contributed by atoms with van der Waals surface area (Å²) in [6, 6.07) is 3.57. The molecule has 0 amide bonds. The molecule has 4 heteroatoms. The van der Waals surface area contributed by atoms with E-state index in [0.717, 1.165) is 10.4 Å². The Labute approximate surface area is 75.7 Å². The molecule has 0 atom stereocenters. The number of aromatic nitrogens is 3. The van der Waals surface area contributed by atoms with Crippen molar-refractivity contribution in [1.82, 2.24) is 9.55 Å². The molecule has 66 valence electrons. The summed E-state index contributed by atoms with van der Waals surface area (Å²) in [4.78, 5) is 3.93. The van der Waals surface area contributed by atoms with Gasteiger partial charge in [-0.15, -0.1) is 0 Å². The quantitative estimate of drug-likeness (QED) is 0.475. The van der Waals surface area contributed by atoms with Gasteiger partial charge in [0, 0.05) is 31.5 Å². The first-order valence-electron chi connectivity index (χ1n) is 3.95. The summed E-state index contributed by atoms with van der Waals surface area (Å²) in [6.45, 7) is 1.77. The average Bonchev–Trinajstić information content (AvgIpc) is 2.62. The third-order valence-electron chi connectivity index (χ3n) is 1.89. The van der Waals surface area contributed by atoms with Gasteiger partial charge in [0.15, 0.2) is 11.9 Å². The lowest BCUT2D eigenvalue weighted by Crippen LogP contribution is -2.29. The first-order chi connectivity index (χ1) is 6.27. The first-order valence-corrected chi connectivity index (χ1v) is 3.95. The number of hydrogen-bond acceptors (Lipinski definition) is 2. The van der Waals surface area contributed by atoms with Gasteiger partial charge in [-0.1, -0.05) is 0 Å². The van der Waals surface area contributed by atoms with Gasteiger partial charge in [-0.25, -0.2) is 4.98 Å². The smallest absolute Gasteiger partial charge is 0.191 e. The van der Waals surface area contributed by atoms with E-state index < -0.39 is 0 Å². The molecule has 0 aliphatic carbocycles. The Balaban J connectivity index is 2.49. The molecular weight excluding hydrogens is 166 g/mol. The van der Waals surface area contributed by atoms with E-state index in [1.54, 1.807) is 25.5 Å².